The number of hydrogen-bond donors (Lipinski definition) is 1. The van der Waals surface area contributed by atoms with E-state index < -0.39 is 0 Å². The number of nitrogens with zero attached hydrogens (tertiary/aromatic N) is 3. The van der Waals surface area contributed by atoms with Crippen LogP contribution in [0.25, 0.3) is 0 Å². The summed E-state index contributed by atoms with van der Waals surface area (Å²) in [5, 5.41) is 9.94. The molecule has 1 aliphatic rings. The van der Waals surface area contributed by atoms with Gasteiger partial charge in [-0.1, -0.05) is 0 Å². The Balaban J connectivity index is 1.79. The highest BCUT2D eigenvalue weighted by atomic mass is 16.5. The SMILES string of the molecule is COc1cc(CN2CCn3ccnc3C2)cc(OC)c1O. The third-order valence-corrected chi connectivity index (χ3v) is 3.77. The van der Waals surface area contributed by atoms with Gasteiger partial charge in [-0.25, -0.2) is 4.98 Å². The number of rotatable bonds is 4. The Labute approximate surface area is 123 Å². The number of fused-ring (bicyclic) bond motifs is 1. The maximum atomic E-state index is 9.94. The lowest BCUT2D eigenvalue weighted by Gasteiger charge is -2.27. The van der Waals surface area contributed by atoms with Crippen molar-refractivity contribution in [1.29, 1.82) is 0 Å². The number of aromatic hydroxyl groups is 1. The monoisotopic (exact) mass is 289 g/mol. The van der Waals surface area contributed by atoms with E-state index in [1.807, 2.05) is 24.5 Å². The summed E-state index contributed by atoms with van der Waals surface area (Å²) in [4.78, 5) is 6.68. The quantitative estimate of drug-likeness (QED) is 0.927. The summed E-state index contributed by atoms with van der Waals surface area (Å²) in [5.41, 5.74) is 1.04. The second-order valence-corrected chi connectivity index (χ2v) is 5.10. The van der Waals surface area contributed by atoms with Gasteiger partial charge in [0.2, 0.25) is 5.75 Å². The van der Waals surface area contributed by atoms with Gasteiger partial charge in [0, 0.05) is 32.0 Å². The fourth-order valence-corrected chi connectivity index (χ4v) is 2.66. The fourth-order valence-electron chi connectivity index (χ4n) is 2.66. The van der Waals surface area contributed by atoms with E-state index in [0.717, 1.165) is 37.6 Å². The average Bonchev–Trinajstić information content (AvgIpc) is 2.96. The summed E-state index contributed by atoms with van der Waals surface area (Å²) < 4.78 is 12.6. The van der Waals surface area contributed by atoms with E-state index in [0.29, 0.717) is 11.5 Å². The summed E-state index contributed by atoms with van der Waals surface area (Å²) in [6, 6.07) is 3.69. The highest BCUT2D eigenvalue weighted by molar-refractivity contribution is 5.52. The molecule has 0 bridgehead atoms. The molecule has 1 aliphatic heterocycles. The number of imidazole rings is 1. The molecule has 0 radical (unpaired) electrons. The summed E-state index contributed by atoms with van der Waals surface area (Å²) in [6.07, 6.45) is 3.85. The van der Waals surface area contributed by atoms with Crippen LogP contribution in [0.1, 0.15) is 11.4 Å². The number of ether oxygens (including phenoxy) is 2. The van der Waals surface area contributed by atoms with Crippen molar-refractivity contribution < 1.29 is 14.6 Å². The standard InChI is InChI=1S/C15H19N3O3/c1-20-12-7-11(8-13(21-2)15(12)19)9-17-5-6-18-4-3-16-14(18)10-17/h3-4,7-8,19H,5-6,9-10H2,1-2H3. The summed E-state index contributed by atoms with van der Waals surface area (Å²) in [7, 11) is 3.08. The molecule has 0 atom stereocenters. The molecule has 0 saturated heterocycles. The topological polar surface area (TPSA) is 59.8 Å². The van der Waals surface area contributed by atoms with Crippen LogP contribution in [0.3, 0.4) is 0 Å². The van der Waals surface area contributed by atoms with Crippen molar-refractivity contribution in [3.8, 4) is 17.2 Å². The lowest BCUT2D eigenvalue weighted by molar-refractivity contribution is 0.208. The smallest absolute Gasteiger partial charge is 0.200 e. The molecule has 0 unspecified atom stereocenters. The van der Waals surface area contributed by atoms with E-state index in [-0.39, 0.29) is 5.75 Å². The molecule has 21 heavy (non-hydrogen) atoms. The minimum atomic E-state index is 0.0398. The zero-order valence-electron chi connectivity index (χ0n) is 12.2. The molecule has 1 aromatic heterocycles. The number of phenolic OH excluding ortho intramolecular Hbond substituents is 1. The minimum absolute atomic E-state index is 0.0398. The third kappa shape index (κ3) is 2.67. The number of benzene rings is 1. The molecule has 0 aliphatic carbocycles. The lowest BCUT2D eigenvalue weighted by Crippen LogP contribution is -2.33. The Morgan fingerprint density at radius 3 is 2.57 bits per heavy atom. The molecule has 0 fully saturated rings. The maximum absolute atomic E-state index is 9.94. The molecule has 2 heterocycles. The van der Waals surface area contributed by atoms with Crippen LogP contribution >= 0.6 is 0 Å². The Morgan fingerprint density at radius 2 is 1.90 bits per heavy atom. The van der Waals surface area contributed by atoms with Gasteiger partial charge >= 0.3 is 0 Å². The number of hydrogen-bond acceptors (Lipinski definition) is 5. The Bertz CT molecular complexity index is 614. The van der Waals surface area contributed by atoms with E-state index in [4.69, 9.17) is 9.47 Å². The molecular weight excluding hydrogens is 270 g/mol. The van der Waals surface area contributed by atoms with Crippen molar-refractivity contribution in [2.45, 2.75) is 19.6 Å². The van der Waals surface area contributed by atoms with Gasteiger partial charge in [-0.05, 0) is 17.7 Å². The van der Waals surface area contributed by atoms with Gasteiger partial charge in [-0.15, -0.1) is 0 Å². The van der Waals surface area contributed by atoms with E-state index >= 15 is 0 Å². The molecular formula is C15H19N3O3. The maximum Gasteiger partial charge on any atom is 0.200 e. The molecule has 0 spiro atoms. The molecule has 112 valence electrons. The number of aromatic nitrogens is 2. The van der Waals surface area contributed by atoms with Crippen LogP contribution in [0.15, 0.2) is 24.5 Å². The predicted molar refractivity (Wildman–Crippen MR) is 77.6 cm³/mol. The summed E-state index contributed by atoms with van der Waals surface area (Å²) >= 11 is 0. The van der Waals surface area contributed by atoms with Crippen LogP contribution in [-0.2, 0) is 19.6 Å². The van der Waals surface area contributed by atoms with Gasteiger partial charge < -0.3 is 19.1 Å². The first-order valence-electron chi connectivity index (χ1n) is 6.87. The van der Waals surface area contributed by atoms with E-state index in [1.54, 1.807) is 0 Å². The second-order valence-electron chi connectivity index (χ2n) is 5.10. The highest BCUT2D eigenvalue weighted by Crippen LogP contribution is 2.37. The average molecular weight is 289 g/mol. The molecule has 3 rings (SSSR count). The number of phenols is 1. The molecule has 6 nitrogen and oxygen atoms in total. The third-order valence-electron chi connectivity index (χ3n) is 3.77. The first-order chi connectivity index (χ1) is 10.2. The molecule has 6 heteroatoms. The lowest BCUT2D eigenvalue weighted by atomic mass is 10.1. The van der Waals surface area contributed by atoms with Crippen LogP contribution < -0.4 is 9.47 Å². The van der Waals surface area contributed by atoms with Crippen molar-refractivity contribution in [3.05, 3.63) is 35.9 Å². The van der Waals surface area contributed by atoms with Crippen LogP contribution in [0.2, 0.25) is 0 Å². The molecule has 0 saturated carbocycles. The Hall–Kier alpha value is -2.21. The predicted octanol–water partition coefficient (Wildman–Crippen LogP) is 1.62. The van der Waals surface area contributed by atoms with Gasteiger partial charge in [0.15, 0.2) is 11.5 Å². The fraction of sp³-hybridized carbons (Fsp3) is 0.400. The van der Waals surface area contributed by atoms with Crippen molar-refractivity contribution in [2.75, 3.05) is 20.8 Å². The zero-order chi connectivity index (χ0) is 14.8. The van der Waals surface area contributed by atoms with Gasteiger partial charge in [0.25, 0.3) is 0 Å². The van der Waals surface area contributed by atoms with Gasteiger partial charge in [0.1, 0.15) is 5.82 Å². The van der Waals surface area contributed by atoms with Crippen molar-refractivity contribution in [1.82, 2.24) is 14.5 Å². The van der Waals surface area contributed by atoms with E-state index in [1.165, 1.54) is 14.2 Å². The van der Waals surface area contributed by atoms with Crippen LogP contribution in [0, 0.1) is 0 Å². The van der Waals surface area contributed by atoms with Gasteiger partial charge in [-0.3, -0.25) is 4.90 Å². The van der Waals surface area contributed by atoms with Crippen molar-refractivity contribution in [3.63, 3.8) is 0 Å². The van der Waals surface area contributed by atoms with Crippen LogP contribution in [0.5, 0.6) is 17.2 Å². The summed E-state index contributed by atoms with van der Waals surface area (Å²) in [6.45, 7) is 3.49. The Kier molecular flexibility index (Phi) is 3.70. The molecule has 2 aromatic rings. The number of methoxy groups -OCH3 is 2. The normalized spacial score (nSPS) is 14.8. The van der Waals surface area contributed by atoms with Gasteiger partial charge in [-0.2, -0.15) is 0 Å². The van der Waals surface area contributed by atoms with E-state index in [9.17, 15) is 5.11 Å². The largest absolute Gasteiger partial charge is 0.502 e. The minimum Gasteiger partial charge on any atom is -0.502 e. The first kappa shape index (κ1) is 13.8. The molecule has 1 N–H and O–H groups in total. The second kappa shape index (κ2) is 5.65. The summed E-state index contributed by atoms with van der Waals surface area (Å²) in [5.74, 6) is 1.99. The zero-order valence-corrected chi connectivity index (χ0v) is 12.2. The molecule has 0 amide bonds. The Morgan fingerprint density at radius 1 is 1.19 bits per heavy atom. The first-order valence-corrected chi connectivity index (χ1v) is 6.87. The van der Waals surface area contributed by atoms with Crippen molar-refractivity contribution >= 4 is 0 Å². The van der Waals surface area contributed by atoms with E-state index in [2.05, 4.69) is 14.5 Å². The molecule has 1 aromatic carbocycles. The van der Waals surface area contributed by atoms with Crippen molar-refractivity contribution in [2.24, 2.45) is 0 Å². The highest BCUT2D eigenvalue weighted by Gasteiger charge is 2.18. The van der Waals surface area contributed by atoms with Gasteiger partial charge in [0.05, 0.1) is 20.8 Å². The van der Waals surface area contributed by atoms with Crippen LogP contribution in [0.4, 0.5) is 0 Å². The van der Waals surface area contributed by atoms with Crippen LogP contribution in [-0.4, -0.2) is 40.3 Å².